The zero-order valence-electron chi connectivity index (χ0n) is 58.1. The molecule has 12 aromatic rings. The van der Waals surface area contributed by atoms with E-state index in [2.05, 4.69) is 113 Å². The molecule has 8 aromatic carbocycles. The fourth-order valence-corrected chi connectivity index (χ4v) is 15.6. The van der Waals surface area contributed by atoms with Gasteiger partial charge in [0.1, 0.15) is 0 Å². The molecular weight excluding hydrogens is 1280 g/mol. The number of rotatable bonds is 22. The van der Waals surface area contributed by atoms with Crippen molar-refractivity contribution in [2.24, 2.45) is 0 Å². The molecule has 3 aliphatic carbocycles. The lowest BCUT2D eigenvalue weighted by Gasteiger charge is -2.32. The maximum absolute atomic E-state index is 13.3. The molecule has 102 heavy (non-hydrogen) atoms. The quantitative estimate of drug-likeness (QED) is 0.0372. The van der Waals surface area contributed by atoms with Gasteiger partial charge in [-0.2, -0.15) is 0 Å². The van der Waals surface area contributed by atoms with Crippen molar-refractivity contribution in [3.05, 3.63) is 256 Å². The lowest BCUT2D eigenvalue weighted by Crippen LogP contribution is -2.43. The van der Waals surface area contributed by atoms with Crippen LogP contribution in [-0.4, -0.2) is 109 Å². The number of benzene rings is 8. The van der Waals surface area contributed by atoms with Gasteiger partial charge in [0.15, 0.2) is 17.3 Å². The first-order valence-corrected chi connectivity index (χ1v) is 37.2. The number of methoxy groups -OCH3 is 1. The molecule has 2 aliphatic heterocycles. The van der Waals surface area contributed by atoms with E-state index in [0.29, 0.717) is 47.8 Å². The Bertz CT molecular complexity index is 5000. The second kappa shape index (κ2) is 30.7. The summed E-state index contributed by atoms with van der Waals surface area (Å²) in [4.78, 5) is 50.1. The fraction of sp³-hybridized carbons (Fsp3) is 0.287. The van der Waals surface area contributed by atoms with Crippen LogP contribution in [0, 0.1) is 0 Å². The molecule has 0 amide bonds. The first-order valence-electron chi connectivity index (χ1n) is 36.3. The van der Waals surface area contributed by atoms with Crippen LogP contribution in [0.1, 0.15) is 121 Å². The number of ketones is 3. The van der Waals surface area contributed by atoms with Crippen LogP contribution < -0.4 is 27.4 Å². The number of piperazine rings is 1. The van der Waals surface area contributed by atoms with E-state index >= 15 is 0 Å². The third kappa shape index (κ3) is 15.6. The molecule has 0 unspecified atom stereocenters. The van der Waals surface area contributed by atoms with Crippen LogP contribution >= 0.6 is 11.3 Å². The molecule has 5 fully saturated rings. The number of nitrogen functional groups attached to an aromatic ring is 3. The Morgan fingerprint density at radius 1 is 0.500 bits per heavy atom. The highest BCUT2D eigenvalue weighted by Crippen LogP contribution is 2.49. The smallest absolute Gasteiger partial charge is 0.167 e. The van der Waals surface area contributed by atoms with E-state index in [1.807, 2.05) is 109 Å². The van der Waals surface area contributed by atoms with Crippen molar-refractivity contribution < 1.29 is 23.9 Å². The minimum absolute atomic E-state index is 0.0847. The summed E-state index contributed by atoms with van der Waals surface area (Å²) in [6.07, 6.45) is 11.9. The summed E-state index contributed by atoms with van der Waals surface area (Å²) in [6, 6.07) is 63.6. The Morgan fingerprint density at radius 3 is 1.56 bits per heavy atom. The van der Waals surface area contributed by atoms with Gasteiger partial charge in [-0.25, -0.2) is 0 Å². The number of morpholine rings is 1. The van der Waals surface area contributed by atoms with Crippen molar-refractivity contribution in [1.29, 1.82) is 0 Å². The predicted molar refractivity (Wildman–Crippen MR) is 417 cm³/mol. The van der Waals surface area contributed by atoms with E-state index in [-0.39, 0.29) is 30.2 Å². The van der Waals surface area contributed by atoms with E-state index in [0.717, 1.165) is 149 Å². The molecule has 3 saturated carbocycles. The van der Waals surface area contributed by atoms with Gasteiger partial charge in [0.05, 0.1) is 19.8 Å². The number of nitrogens with one attached hydrogen (secondary N) is 1. The van der Waals surface area contributed by atoms with Crippen LogP contribution in [0.5, 0.6) is 0 Å². The van der Waals surface area contributed by atoms with Gasteiger partial charge < -0.3 is 46.0 Å². The van der Waals surface area contributed by atoms with Crippen molar-refractivity contribution in [2.75, 3.05) is 94.8 Å². The number of hydrogen-bond donors (Lipinski definition) is 4. The first-order chi connectivity index (χ1) is 50.0. The Balaban J connectivity index is 0.000000124. The number of thiophene rings is 1. The number of Topliss-reactive ketones (excluding diaryl/α,β-unsaturated/α-hetero) is 3. The summed E-state index contributed by atoms with van der Waals surface area (Å²) >= 11 is 1.69. The highest BCUT2D eigenvalue weighted by molar-refractivity contribution is 7.13. The van der Waals surface area contributed by atoms with Crippen LogP contribution in [0.4, 0.5) is 22.7 Å². The Hall–Kier alpha value is -10.0. The van der Waals surface area contributed by atoms with Crippen LogP contribution in [0.3, 0.4) is 0 Å². The van der Waals surface area contributed by atoms with Crippen molar-refractivity contribution in [2.45, 2.75) is 88.6 Å². The lowest BCUT2D eigenvalue weighted by atomic mass is 9.94. The Labute approximate surface area is 601 Å². The number of ether oxygens (including phenoxy) is 2. The summed E-state index contributed by atoms with van der Waals surface area (Å²) in [5.41, 5.74) is 39.0. The monoisotopic (exact) mass is 1370 g/mol. The van der Waals surface area contributed by atoms with E-state index in [9.17, 15) is 14.4 Å². The van der Waals surface area contributed by atoms with E-state index in [1.54, 1.807) is 30.8 Å². The Morgan fingerprint density at radius 2 is 1.02 bits per heavy atom. The van der Waals surface area contributed by atoms with Crippen LogP contribution in [-0.2, 0) is 41.8 Å². The third-order valence-corrected chi connectivity index (χ3v) is 21.9. The molecule has 5 aliphatic rings. The molecule has 2 saturated heterocycles. The number of carbonyl (C=O) groups excluding carboxylic acids is 3. The summed E-state index contributed by atoms with van der Waals surface area (Å²) in [6.45, 7) is 11.3. The standard InChI is InChI=1S/C30H32N4O2.C29H29N3OS.C28H28N2O2/c31-27-5-3-23(21-7-9-32-10-8-21)17-25(27)20-30(35)24-4-6-28-26(18-24)19-29(22-1-2-22)34(28)12-11-33-13-15-36-16-14-33;30-25-9-6-22(28-2-1-15-34-28)17-23(25)18-27(33)21-5-8-24-20(16-21)7-10-26(29(24)19-3-4-19)32-13-11-31-12-14-32;1-32-14-13-30-26-12-10-22(16-24(26)17-27(30)20-7-8-20)28(31)18-23-15-21(9-11-25(23)29)19-5-3-2-4-6-19/h3-10,17-19,22H,1-2,11-16,20,31H2;1-2,5-10,15-17,19,31H,3-4,11-14,18,30H2;2-6,9-12,15-17,20H,7-8,13-14,18,29H2,1H3. The van der Waals surface area contributed by atoms with Gasteiger partial charge in [-0.15, -0.1) is 11.3 Å². The van der Waals surface area contributed by atoms with Gasteiger partial charge in [0.2, 0.25) is 0 Å². The molecule has 0 spiro atoms. The van der Waals surface area contributed by atoms with Gasteiger partial charge in [0.25, 0.3) is 0 Å². The van der Waals surface area contributed by atoms with E-state index in [1.165, 1.54) is 82.5 Å². The number of carbonyl (C=O) groups is 3. The van der Waals surface area contributed by atoms with Crippen LogP contribution in [0.2, 0.25) is 0 Å². The molecule has 7 N–H and O–H groups in total. The maximum Gasteiger partial charge on any atom is 0.167 e. The number of aromatic nitrogens is 3. The summed E-state index contributed by atoms with van der Waals surface area (Å²) in [5, 5.41) is 10.3. The summed E-state index contributed by atoms with van der Waals surface area (Å²) < 4.78 is 15.6. The van der Waals surface area contributed by atoms with Crippen LogP contribution in [0.25, 0.3) is 65.3 Å². The maximum atomic E-state index is 13.3. The number of pyridine rings is 1. The number of hydrogen-bond acceptors (Lipinski definition) is 13. The minimum Gasteiger partial charge on any atom is -0.398 e. The van der Waals surface area contributed by atoms with Gasteiger partial charge in [0, 0.05) is 175 Å². The van der Waals surface area contributed by atoms with Crippen molar-refractivity contribution >= 4 is 84.0 Å². The molecule has 6 heterocycles. The molecule has 17 rings (SSSR count). The average Bonchev–Trinajstić information content (AvgIpc) is 1.72. The highest BCUT2D eigenvalue weighted by Gasteiger charge is 2.32. The molecule has 0 bridgehead atoms. The van der Waals surface area contributed by atoms with Gasteiger partial charge in [-0.1, -0.05) is 72.8 Å². The zero-order chi connectivity index (χ0) is 69.6. The second-order valence-corrected chi connectivity index (χ2v) is 29.0. The van der Waals surface area contributed by atoms with E-state index < -0.39 is 0 Å². The molecular formula is C87H89N9O5S. The van der Waals surface area contributed by atoms with Gasteiger partial charge >= 0.3 is 0 Å². The SMILES string of the molecule is COCCn1c(C2CC2)cc2cc(C(=O)Cc3cc(-c4ccccc4)ccc3N)ccc21.Nc1ccc(-c2cccs2)cc1CC(=O)c1ccc2c(C3CC3)c(N3CCNCC3)ccc2c1.Nc1ccc(-c2ccncc2)cc1CC(=O)c1ccc2c(c1)cc(C1CC1)n2CCN1CCOCC1. The summed E-state index contributed by atoms with van der Waals surface area (Å²) in [7, 11) is 1.73. The molecule has 4 aromatic heterocycles. The molecule has 14 nitrogen and oxygen atoms in total. The number of anilines is 4. The highest BCUT2D eigenvalue weighted by atomic mass is 32.1. The van der Waals surface area contributed by atoms with Crippen molar-refractivity contribution in [1.82, 2.24) is 24.3 Å². The van der Waals surface area contributed by atoms with Gasteiger partial charge in [-0.05, 0) is 238 Å². The largest absolute Gasteiger partial charge is 0.398 e. The van der Waals surface area contributed by atoms with Crippen molar-refractivity contribution in [3.8, 4) is 32.7 Å². The normalized spacial score (nSPS) is 15.4. The number of nitrogens with zero attached hydrogens (tertiary/aromatic N) is 5. The lowest BCUT2D eigenvalue weighted by molar-refractivity contribution is 0.0364. The molecule has 518 valence electrons. The average molecular weight is 1370 g/mol. The topological polar surface area (TPSA) is 189 Å². The molecule has 0 atom stereocenters. The van der Waals surface area contributed by atoms with Crippen molar-refractivity contribution in [3.63, 3.8) is 0 Å². The predicted octanol–water partition coefficient (Wildman–Crippen LogP) is 16.6. The number of fused-ring (bicyclic) bond motifs is 3. The Kier molecular flexibility index (Phi) is 20.4. The first kappa shape index (κ1) is 67.8. The molecule has 15 heteroatoms. The number of nitrogens with two attached hydrogens (primary N) is 3. The molecule has 0 radical (unpaired) electrons. The second-order valence-electron chi connectivity index (χ2n) is 28.0. The van der Waals surface area contributed by atoms with Gasteiger partial charge in [-0.3, -0.25) is 24.3 Å². The zero-order valence-corrected chi connectivity index (χ0v) is 58.9. The van der Waals surface area contributed by atoms with Crippen LogP contribution in [0.15, 0.2) is 206 Å². The minimum atomic E-state index is 0.0847. The summed E-state index contributed by atoms with van der Waals surface area (Å²) in [5.74, 6) is 2.22. The fourth-order valence-electron chi connectivity index (χ4n) is 14.8. The third-order valence-electron chi connectivity index (χ3n) is 21.0. The van der Waals surface area contributed by atoms with E-state index in [4.69, 9.17) is 26.7 Å².